The van der Waals surface area contributed by atoms with E-state index in [2.05, 4.69) is 13.8 Å². The second-order valence-corrected chi connectivity index (χ2v) is 12.6. The molecule has 0 aromatic heterocycles. The molecule has 0 saturated heterocycles. The molecule has 0 aromatic carbocycles. The normalized spacial score (nSPS) is 45.3. The number of hydrogen-bond acceptors (Lipinski definition) is 5. The minimum absolute atomic E-state index is 0.0167. The van der Waals surface area contributed by atoms with E-state index in [1.165, 1.54) is 0 Å². The molecule has 8 atom stereocenters. The Kier molecular flexibility index (Phi) is 5.58. The molecule has 2 saturated carbocycles. The standard InChI is InChI=1S/C27H40O6/c1-14(7-8-21(32)33)15-11-20(31)27(6)23-16(28)12-18-24(2,3)19(30)9-10-25(18,4)22(23)17(29)13-26(15,27)5/h14-16,18,20,28,31H,7-13H2,1-6H3,(H,32,33)/t14-,15-,16?,18+,20?,25+,26-,27+/m0/s1. The molecule has 0 aliphatic heterocycles. The Balaban J connectivity index is 1.85. The third-order valence-corrected chi connectivity index (χ3v) is 10.9. The fourth-order valence-corrected chi connectivity index (χ4v) is 8.74. The maximum atomic E-state index is 13.9. The van der Waals surface area contributed by atoms with E-state index in [-0.39, 0.29) is 42.2 Å². The van der Waals surface area contributed by atoms with Gasteiger partial charge in [-0.3, -0.25) is 14.4 Å². The Labute approximate surface area is 196 Å². The minimum Gasteiger partial charge on any atom is -0.481 e. The van der Waals surface area contributed by atoms with Crippen LogP contribution in [0.25, 0.3) is 0 Å². The van der Waals surface area contributed by atoms with E-state index < -0.39 is 39.8 Å². The SMILES string of the molecule is C[C@@H](CCC(=O)O)[C@@H]1CC(O)[C@]2(C)C3=C(C(=O)C[C@@]12C)[C@]1(C)CCC(=O)C(C)(C)[C@H]1CC3O. The maximum absolute atomic E-state index is 13.9. The molecule has 6 heteroatoms. The molecule has 2 fully saturated rings. The number of aliphatic hydroxyl groups excluding tert-OH is 2. The highest BCUT2D eigenvalue weighted by atomic mass is 16.4. The van der Waals surface area contributed by atoms with Gasteiger partial charge in [0, 0.05) is 41.1 Å². The molecule has 0 amide bonds. The van der Waals surface area contributed by atoms with Gasteiger partial charge in [-0.05, 0) is 54.4 Å². The van der Waals surface area contributed by atoms with Crippen molar-refractivity contribution in [3.8, 4) is 0 Å². The maximum Gasteiger partial charge on any atom is 0.303 e. The lowest BCUT2D eigenvalue weighted by Gasteiger charge is -2.61. The number of fused-ring (bicyclic) bond motifs is 4. The zero-order valence-corrected chi connectivity index (χ0v) is 20.9. The predicted octanol–water partition coefficient (Wildman–Crippen LogP) is 3.93. The monoisotopic (exact) mass is 460 g/mol. The summed E-state index contributed by atoms with van der Waals surface area (Å²) in [5.74, 6) is -0.723. The average Bonchev–Trinajstić information content (AvgIpc) is 2.92. The number of Topliss-reactive ketones (excluding diaryl/α,β-unsaturated/α-hetero) is 2. The molecule has 33 heavy (non-hydrogen) atoms. The smallest absolute Gasteiger partial charge is 0.303 e. The third kappa shape index (κ3) is 3.09. The Hall–Kier alpha value is -1.53. The van der Waals surface area contributed by atoms with Crippen LogP contribution in [0.5, 0.6) is 0 Å². The second kappa shape index (κ2) is 7.48. The lowest BCUT2D eigenvalue weighted by atomic mass is 9.42. The molecule has 4 aliphatic carbocycles. The second-order valence-electron chi connectivity index (χ2n) is 12.6. The van der Waals surface area contributed by atoms with Crippen molar-refractivity contribution in [2.24, 2.45) is 39.4 Å². The number of carboxylic acid groups (broad SMARTS) is 1. The van der Waals surface area contributed by atoms with Gasteiger partial charge >= 0.3 is 5.97 Å². The highest BCUT2D eigenvalue weighted by Crippen LogP contribution is 2.71. The molecule has 4 rings (SSSR count). The Morgan fingerprint density at radius 1 is 1.09 bits per heavy atom. The van der Waals surface area contributed by atoms with Crippen LogP contribution in [0.4, 0.5) is 0 Å². The van der Waals surface area contributed by atoms with Gasteiger partial charge in [0.2, 0.25) is 0 Å². The van der Waals surface area contributed by atoms with Gasteiger partial charge in [0.1, 0.15) is 5.78 Å². The average molecular weight is 461 g/mol. The number of carbonyl (C=O) groups excluding carboxylic acids is 2. The number of aliphatic carboxylic acids is 1. The van der Waals surface area contributed by atoms with E-state index in [4.69, 9.17) is 5.11 Å². The van der Waals surface area contributed by atoms with Crippen molar-refractivity contribution in [2.45, 2.75) is 98.7 Å². The van der Waals surface area contributed by atoms with Crippen LogP contribution in [0.15, 0.2) is 11.1 Å². The number of carboxylic acids is 1. The summed E-state index contributed by atoms with van der Waals surface area (Å²) in [6, 6.07) is 0. The van der Waals surface area contributed by atoms with E-state index in [0.29, 0.717) is 43.3 Å². The zero-order valence-electron chi connectivity index (χ0n) is 20.9. The van der Waals surface area contributed by atoms with Gasteiger partial charge in [0.05, 0.1) is 12.2 Å². The van der Waals surface area contributed by atoms with Crippen molar-refractivity contribution in [2.75, 3.05) is 0 Å². The molecule has 4 aliphatic rings. The van der Waals surface area contributed by atoms with Crippen LogP contribution in [0.2, 0.25) is 0 Å². The molecular weight excluding hydrogens is 420 g/mol. The zero-order chi connectivity index (χ0) is 24.7. The molecule has 0 spiro atoms. The number of allylic oxidation sites excluding steroid dienone is 1. The molecule has 184 valence electrons. The van der Waals surface area contributed by atoms with Gasteiger partial charge in [-0.2, -0.15) is 0 Å². The van der Waals surface area contributed by atoms with E-state index in [1.54, 1.807) is 0 Å². The largest absolute Gasteiger partial charge is 0.481 e. The van der Waals surface area contributed by atoms with Gasteiger partial charge in [-0.25, -0.2) is 0 Å². The van der Waals surface area contributed by atoms with E-state index in [9.17, 15) is 24.6 Å². The predicted molar refractivity (Wildman–Crippen MR) is 123 cm³/mol. The minimum atomic E-state index is -0.875. The lowest BCUT2D eigenvalue weighted by Crippen LogP contribution is -2.60. The first-order chi connectivity index (χ1) is 15.1. The van der Waals surface area contributed by atoms with Gasteiger partial charge in [-0.15, -0.1) is 0 Å². The number of aliphatic hydroxyl groups is 2. The summed E-state index contributed by atoms with van der Waals surface area (Å²) in [5, 5.41) is 32.2. The van der Waals surface area contributed by atoms with E-state index in [1.807, 2.05) is 27.7 Å². The summed E-state index contributed by atoms with van der Waals surface area (Å²) >= 11 is 0. The number of ketones is 2. The van der Waals surface area contributed by atoms with Gasteiger partial charge < -0.3 is 15.3 Å². The number of rotatable bonds is 4. The molecule has 3 N–H and O–H groups in total. The molecule has 0 aromatic rings. The highest BCUT2D eigenvalue weighted by molar-refractivity contribution is 6.01. The lowest BCUT2D eigenvalue weighted by molar-refractivity contribution is -0.146. The summed E-state index contributed by atoms with van der Waals surface area (Å²) in [4.78, 5) is 37.9. The van der Waals surface area contributed by atoms with Gasteiger partial charge in [-0.1, -0.05) is 41.5 Å². The molecule has 6 nitrogen and oxygen atoms in total. The summed E-state index contributed by atoms with van der Waals surface area (Å²) in [6.45, 7) is 12.1. The summed E-state index contributed by atoms with van der Waals surface area (Å²) in [5.41, 5.74) is -1.08. The number of hydrogen-bond donors (Lipinski definition) is 3. The van der Waals surface area contributed by atoms with Crippen LogP contribution >= 0.6 is 0 Å². The fourth-order valence-electron chi connectivity index (χ4n) is 8.74. The Bertz CT molecular complexity index is 933. The van der Waals surface area contributed by atoms with Crippen LogP contribution < -0.4 is 0 Å². The first kappa shape index (κ1) is 24.6. The van der Waals surface area contributed by atoms with Gasteiger partial charge in [0.15, 0.2) is 5.78 Å². The van der Waals surface area contributed by atoms with E-state index >= 15 is 0 Å². The Morgan fingerprint density at radius 2 is 1.73 bits per heavy atom. The molecule has 2 unspecified atom stereocenters. The van der Waals surface area contributed by atoms with Crippen LogP contribution in [0.3, 0.4) is 0 Å². The van der Waals surface area contributed by atoms with Crippen molar-refractivity contribution in [1.29, 1.82) is 0 Å². The molecule has 0 radical (unpaired) electrons. The van der Waals surface area contributed by atoms with Crippen LogP contribution in [-0.4, -0.2) is 45.1 Å². The van der Waals surface area contributed by atoms with Crippen LogP contribution in [0.1, 0.15) is 86.5 Å². The van der Waals surface area contributed by atoms with Crippen molar-refractivity contribution in [3.05, 3.63) is 11.1 Å². The summed E-state index contributed by atoms with van der Waals surface area (Å²) in [6.07, 6.45) is 1.18. The van der Waals surface area contributed by atoms with E-state index in [0.717, 1.165) is 0 Å². The molecule has 0 bridgehead atoms. The Morgan fingerprint density at radius 3 is 2.33 bits per heavy atom. The summed E-state index contributed by atoms with van der Waals surface area (Å²) < 4.78 is 0. The van der Waals surface area contributed by atoms with Crippen molar-refractivity contribution >= 4 is 17.5 Å². The first-order valence-corrected chi connectivity index (χ1v) is 12.5. The third-order valence-electron chi connectivity index (χ3n) is 10.9. The topological polar surface area (TPSA) is 112 Å². The fraction of sp³-hybridized carbons (Fsp3) is 0.815. The van der Waals surface area contributed by atoms with Crippen molar-refractivity contribution in [3.63, 3.8) is 0 Å². The molecule has 0 heterocycles. The first-order valence-electron chi connectivity index (χ1n) is 12.5. The molecular formula is C27H40O6. The van der Waals surface area contributed by atoms with Crippen LogP contribution in [-0.2, 0) is 14.4 Å². The summed E-state index contributed by atoms with van der Waals surface area (Å²) in [7, 11) is 0. The highest BCUT2D eigenvalue weighted by Gasteiger charge is 2.69. The quantitative estimate of drug-likeness (QED) is 0.586. The number of carbonyl (C=O) groups is 3. The van der Waals surface area contributed by atoms with Gasteiger partial charge in [0.25, 0.3) is 0 Å². The van der Waals surface area contributed by atoms with Crippen molar-refractivity contribution in [1.82, 2.24) is 0 Å². The van der Waals surface area contributed by atoms with Crippen LogP contribution in [0, 0.1) is 39.4 Å². The van der Waals surface area contributed by atoms with Crippen molar-refractivity contribution < 1.29 is 29.7 Å².